The molecule has 0 aliphatic carbocycles. The Morgan fingerprint density at radius 2 is 2.14 bits per heavy atom. The van der Waals surface area contributed by atoms with Crippen molar-refractivity contribution in [3.05, 3.63) is 22.7 Å². The van der Waals surface area contributed by atoms with Gasteiger partial charge >= 0.3 is 6.80 Å². The van der Waals surface area contributed by atoms with Crippen LogP contribution in [0.25, 0.3) is 0 Å². The van der Waals surface area contributed by atoms with Crippen molar-refractivity contribution in [2.75, 3.05) is 12.4 Å². The standard InChI is InChI=1S/C15H22ClO4PS/c1-5-9-22-21(17,18-6-2)20-14-12(16)8-7-11-10-15(3,4)19-13(11)14/h7-8H,5-6,9-10H2,1-4H3. The van der Waals surface area contributed by atoms with Crippen LogP contribution in [0.5, 0.6) is 11.5 Å². The first-order chi connectivity index (χ1) is 10.3. The van der Waals surface area contributed by atoms with Crippen molar-refractivity contribution < 1.29 is 18.3 Å². The molecule has 1 aromatic carbocycles. The Balaban J connectivity index is 2.33. The van der Waals surface area contributed by atoms with Crippen LogP contribution in [0.1, 0.15) is 39.7 Å². The number of ether oxygens (including phenoxy) is 1. The highest BCUT2D eigenvalue weighted by atomic mass is 35.5. The zero-order valence-electron chi connectivity index (χ0n) is 13.3. The zero-order valence-corrected chi connectivity index (χ0v) is 15.8. The number of hydrogen-bond donors (Lipinski definition) is 0. The van der Waals surface area contributed by atoms with Crippen molar-refractivity contribution in [1.82, 2.24) is 0 Å². The summed E-state index contributed by atoms with van der Waals surface area (Å²) in [5.41, 5.74) is 0.685. The molecule has 7 heteroatoms. The van der Waals surface area contributed by atoms with Crippen LogP contribution in [0, 0.1) is 0 Å². The predicted molar refractivity (Wildman–Crippen MR) is 92.5 cm³/mol. The molecule has 0 fully saturated rings. The maximum absolute atomic E-state index is 12.9. The van der Waals surface area contributed by atoms with Gasteiger partial charge in [0.05, 0.1) is 11.6 Å². The van der Waals surface area contributed by atoms with Crippen LogP contribution in [0.2, 0.25) is 5.02 Å². The minimum atomic E-state index is -3.31. The van der Waals surface area contributed by atoms with Crippen LogP contribution < -0.4 is 9.26 Å². The van der Waals surface area contributed by atoms with E-state index < -0.39 is 6.80 Å². The van der Waals surface area contributed by atoms with Gasteiger partial charge in [0.1, 0.15) is 5.60 Å². The summed E-state index contributed by atoms with van der Waals surface area (Å²) in [6.07, 6.45) is 1.64. The first kappa shape index (κ1) is 18.0. The van der Waals surface area contributed by atoms with E-state index in [1.807, 2.05) is 26.8 Å². The highest BCUT2D eigenvalue weighted by Crippen LogP contribution is 2.63. The van der Waals surface area contributed by atoms with Crippen molar-refractivity contribution >= 4 is 29.8 Å². The molecule has 4 nitrogen and oxygen atoms in total. The molecule has 0 saturated carbocycles. The van der Waals surface area contributed by atoms with E-state index in [1.165, 1.54) is 11.4 Å². The molecule has 1 aliphatic heterocycles. The van der Waals surface area contributed by atoms with Crippen LogP contribution in [-0.4, -0.2) is 18.0 Å². The van der Waals surface area contributed by atoms with Crippen LogP contribution in [0.3, 0.4) is 0 Å². The van der Waals surface area contributed by atoms with E-state index in [2.05, 4.69) is 0 Å². The highest BCUT2D eigenvalue weighted by molar-refractivity contribution is 8.55. The smallest absolute Gasteiger partial charge is 0.440 e. The predicted octanol–water partition coefficient (Wildman–Crippen LogP) is 5.72. The van der Waals surface area contributed by atoms with Gasteiger partial charge in [-0.2, -0.15) is 0 Å². The average Bonchev–Trinajstić information content (AvgIpc) is 2.75. The minimum absolute atomic E-state index is 0.312. The molecule has 124 valence electrons. The molecule has 1 unspecified atom stereocenters. The van der Waals surface area contributed by atoms with Crippen molar-refractivity contribution in [2.24, 2.45) is 0 Å². The lowest BCUT2D eigenvalue weighted by Gasteiger charge is -2.21. The van der Waals surface area contributed by atoms with E-state index >= 15 is 0 Å². The average molecular weight is 365 g/mol. The molecule has 1 atom stereocenters. The summed E-state index contributed by atoms with van der Waals surface area (Å²) >= 11 is 7.44. The Labute approximate surface area is 141 Å². The largest absolute Gasteiger partial charge is 0.483 e. The minimum Gasteiger partial charge on any atom is -0.483 e. The van der Waals surface area contributed by atoms with Gasteiger partial charge < -0.3 is 9.26 Å². The lowest BCUT2D eigenvalue weighted by Crippen LogP contribution is -2.24. The molecule has 0 bridgehead atoms. The Morgan fingerprint density at radius 3 is 2.77 bits per heavy atom. The molecule has 0 saturated heterocycles. The number of benzene rings is 1. The molecule has 0 amide bonds. The molecule has 0 aromatic heterocycles. The second kappa shape index (κ2) is 7.04. The quantitative estimate of drug-likeness (QED) is 0.579. The Bertz CT molecular complexity index is 591. The lowest BCUT2D eigenvalue weighted by atomic mass is 10.0. The molecule has 0 radical (unpaired) electrons. The lowest BCUT2D eigenvalue weighted by molar-refractivity contribution is 0.135. The molecular formula is C15H22ClO4PS. The molecule has 0 N–H and O–H groups in total. The van der Waals surface area contributed by atoms with Crippen LogP contribution in [0.15, 0.2) is 12.1 Å². The maximum atomic E-state index is 12.9. The zero-order chi connectivity index (χ0) is 16.4. The molecule has 22 heavy (non-hydrogen) atoms. The third-order valence-electron chi connectivity index (χ3n) is 3.08. The summed E-state index contributed by atoms with van der Waals surface area (Å²) in [4.78, 5) is 0. The summed E-state index contributed by atoms with van der Waals surface area (Å²) < 4.78 is 29.9. The number of halogens is 1. The third-order valence-corrected chi connectivity index (χ3v) is 7.31. The van der Waals surface area contributed by atoms with Gasteiger partial charge in [-0.05, 0) is 44.6 Å². The van der Waals surface area contributed by atoms with E-state index in [-0.39, 0.29) is 5.60 Å². The van der Waals surface area contributed by atoms with Gasteiger partial charge in [-0.25, -0.2) is 4.57 Å². The fourth-order valence-electron chi connectivity index (χ4n) is 2.25. The Kier molecular flexibility index (Phi) is 5.76. The van der Waals surface area contributed by atoms with Crippen LogP contribution in [-0.2, 0) is 15.5 Å². The number of rotatable bonds is 7. The van der Waals surface area contributed by atoms with Gasteiger partial charge in [0.25, 0.3) is 0 Å². The van der Waals surface area contributed by atoms with Gasteiger partial charge in [-0.15, -0.1) is 0 Å². The van der Waals surface area contributed by atoms with Crippen molar-refractivity contribution in [3.8, 4) is 11.5 Å². The molecule has 1 aromatic rings. The van der Waals surface area contributed by atoms with E-state index in [0.29, 0.717) is 28.9 Å². The first-order valence-corrected chi connectivity index (χ1v) is 10.9. The second-order valence-electron chi connectivity index (χ2n) is 5.69. The first-order valence-electron chi connectivity index (χ1n) is 7.39. The van der Waals surface area contributed by atoms with Gasteiger partial charge in [-0.3, -0.25) is 4.52 Å². The Morgan fingerprint density at radius 1 is 1.41 bits per heavy atom. The third kappa shape index (κ3) is 4.14. The van der Waals surface area contributed by atoms with Gasteiger partial charge in [0, 0.05) is 17.7 Å². The van der Waals surface area contributed by atoms with Crippen LogP contribution >= 0.6 is 29.8 Å². The molecule has 0 spiro atoms. The molecule has 1 aliphatic rings. The fraction of sp³-hybridized carbons (Fsp3) is 0.600. The second-order valence-corrected chi connectivity index (χ2v) is 10.2. The SMILES string of the molecule is CCCSP(=O)(OCC)Oc1c(Cl)ccc2c1OC(C)(C)C2. The van der Waals surface area contributed by atoms with Crippen molar-refractivity contribution in [2.45, 2.75) is 46.1 Å². The topological polar surface area (TPSA) is 44.8 Å². The molecular weight excluding hydrogens is 343 g/mol. The van der Waals surface area contributed by atoms with Crippen LogP contribution in [0.4, 0.5) is 0 Å². The fourth-order valence-corrected chi connectivity index (χ4v) is 5.94. The van der Waals surface area contributed by atoms with Gasteiger partial charge in [0.15, 0.2) is 11.5 Å². The molecule has 2 rings (SSSR count). The van der Waals surface area contributed by atoms with E-state index in [9.17, 15) is 4.57 Å². The normalized spacial score (nSPS) is 18.4. The van der Waals surface area contributed by atoms with E-state index in [0.717, 1.165) is 18.4 Å². The van der Waals surface area contributed by atoms with Gasteiger partial charge in [-0.1, -0.05) is 24.6 Å². The Hall–Kier alpha value is -0.350. The highest BCUT2D eigenvalue weighted by Gasteiger charge is 2.36. The summed E-state index contributed by atoms with van der Waals surface area (Å²) in [7, 11) is 0. The monoisotopic (exact) mass is 364 g/mol. The van der Waals surface area contributed by atoms with Crippen molar-refractivity contribution in [1.29, 1.82) is 0 Å². The van der Waals surface area contributed by atoms with E-state index in [1.54, 1.807) is 13.0 Å². The summed E-state index contributed by atoms with van der Waals surface area (Å²) in [5, 5.41) is 0.383. The number of hydrogen-bond acceptors (Lipinski definition) is 5. The number of fused-ring (bicyclic) bond motifs is 1. The van der Waals surface area contributed by atoms with Gasteiger partial charge in [0.2, 0.25) is 0 Å². The summed E-state index contributed by atoms with van der Waals surface area (Å²) in [6, 6.07) is 3.67. The summed E-state index contributed by atoms with van der Waals surface area (Å²) in [6.45, 7) is 4.81. The summed E-state index contributed by atoms with van der Waals surface area (Å²) in [5.74, 6) is 1.59. The maximum Gasteiger partial charge on any atom is 0.440 e. The molecule has 1 heterocycles. The van der Waals surface area contributed by atoms with E-state index in [4.69, 9.17) is 25.4 Å². The van der Waals surface area contributed by atoms with Crippen molar-refractivity contribution in [3.63, 3.8) is 0 Å².